The molecule has 0 aromatic heterocycles. The molecular weight excluding hydrogens is 872 g/mol. The Hall–Kier alpha value is -6.12. The minimum atomic E-state index is -5.22. The summed E-state index contributed by atoms with van der Waals surface area (Å²) in [4.78, 5) is 109. The summed E-state index contributed by atoms with van der Waals surface area (Å²) < 4.78 is 42.5. The molecule has 3 aromatic carbocycles. The number of anilines is 1. The number of amides is 5. The van der Waals surface area contributed by atoms with E-state index in [4.69, 9.17) is 11.5 Å². The highest BCUT2D eigenvalue weighted by Gasteiger charge is 2.43. The van der Waals surface area contributed by atoms with Gasteiger partial charge in [-0.3, -0.25) is 38.5 Å². The number of halogens is 3. The average Bonchev–Trinajstić information content (AvgIpc) is 3.77. The Balaban J connectivity index is 1.34. The number of hydrogen-bond donors (Lipinski definition) is 5. The summed E-state index contributed by atoms with van der Waals surface area (Å²) in [5.41, 5.74) is 13.9. The molecule has 1 saturated heterocycles. The Morgan fingerprint density at radius 3 is 2.22 bits per heavy atom. The number of nitrogens with one attached hydrogen (secondary N) is 3. The van der Waals surface area contributed by atoms with Gasteiger partial charge in [-0.1, -0.05) is 62.4 Å². The molecular formula is C45H52F3N7O9S. The summed E-state index contributed by atoms with van der Waals surface area (Å²) in [5, 5.41) is 8.31. The van der Waals surface area contributed by atoms with Gasteiger partial charge in [-0.2, -0.15) is 24.9 Å². The van der Waals surface area contributed by atoms with Crippen molar-refractivity contribution in [2.45, 2.75) is 76.3 Å². The van der Waals surface area contributed by atoms with Gasteiger partial charge in [0.1, 0.15) is 17.8 Å². The summed E-state index contributed by atoms with van der Waals surface area (Å²) in [6, 6.07) is 11.8. The number of alkyl halides is 3. The second-order valence-electron chi connectivity index (χ2n) is 16.1. The Morgan fingerprint density at radius 1 is 0.908 bits per heavy atom. The van der Waals surface area contributed by atoms with Gasteiger partial charge in [0.2, 0.25) is 23.6 Å². The molecule has 5 amide bonds. The van der Waals surface area contributed by atoms with Gasteiger partial charge in [0.25, 0.3) is 5.91 Å². The number of rotatable bonds is 19. The summed E-state index contributed by atoms with van der Waals surface area (Å²) >= 11 is 1.36. The van der Waals surface area contributed by atoms with Crippen LogP contribution in [0, 0.1) is 5.92 Å². The number of nitrogens with two attached hydrogens (primary N) is 2. The predicted molar refractivity (Wildman–Crippen MR) is 235 cm³/mol. The number of esters is 1. The fourth-order valence-corrected chi connectivity index (χ4v) is 8.15. The molecule has 348 valence electrons. The highest BCUT2D eigenvalue weighted by atomic mass is 32.2. The third kappa shape index (κ3) is 12.6. The predicted octanol–water partition coefficient (Wildman–Crippen LogP) is 2.99. The van der Waals surface area contributed by atoms with Gasteiger partial charge >= 0.3 is 12.1 Å². The smallest absolute Gasteiger partial charge is 0.420 e. The van der Waals surface area contributed by atoms with Crippen LogP contribution in [0.4, 0.5) is 18.9 Å². The van der Waals surface area contributed by atoms with Crippen molar-refractivity contribution in [2.24, 2.45) is 17.4 Å². The minimum absolute atomic E-state index is 0.0849. The number of carbonyl (C=O) groups excluding carboxylic acids is 8. The van der Waals surface area contributed by atoms with E-state index in [1.807, 2.05) is 13.8 Å². The highest BCUT2D eigenvalue weighted by molar-refractivity contribution is 7.98. The van der Waals surface area contributed by atoms with Crippen LogP contribution in [0.1, 0.15) is 76.9 Å². The molecule has 1 aliphatic carbocycles. The standard InChI is InChI=1S/C45H52F3N7O9S/c1-25(2)21-34(53-36(56)23-52-40(59)32(50)24-65-3)42(61)54-19-7-13-35(54)43(62)55(41(60)31(49)22-26-14-16-27(17-15-26)64-44(63)45(46,47)48)20-8-18-51-33-12-6-11-30-37(33)39(58)29-10-5-4-9-28(29)38(30)57/h4-6,9-12,14-17,25,31-32,34-35,51H,7-8,13,18-24,49-50H2,1-3H3,(H,52,59)(H,53,56)/t31-,32-,34-,35-/m0/s1. The molecule has 3 aromatic rings. The van der Waals surface area contributed by atoms with Gasteiger partial charge in [0.05, 0.1) is 24.2 Å². The molecule has 1 heterocycles. The fraction of sp³-hybridized carbons (Fsp3) is 0.422. The number of thioether (sulfide) groups is 1. The lowest BCUT2D eigenvalue weighted by Crippen LogP contribution is -2.58. The number of likely N-dealkylation sites (tertiary alicyclic amines) is 1. The van der Waals surface area contributed by atoms with E-state index in [0.29, 0.717) is 29.0 Å². The van der Waals surface area contributed by atoms with Crippen molar-refractivity contribution in [3.63, 3.8) is 0 Å². The first-order valence-electron chi connectivity index (χ1n) is 21.0. The molecule has 5 rings (SSSR count). The SMILES string of the molecule is CSC[C@H](N)C(=O)NCC(=O)N[C@@H](CC(C)C)C(=O)N1CCC[C@H]1C(=O)N(CCCNc1cccc2c1C(=O)c1ccccc1C2=O)C(=O)[C@@H](N)Cc1ccc(OC(=O)C(F)(F)F)cc1. The first-order valence-corrected chi connectivity index (χ1v) is 22.4. The number of ketones is 2. The van der Waals surface area contributed by atoms with Crippen LogP contribution in [0.2, 0.25) is 0 Å². The number of carbonyl (C=O) groups is 8. The van der Waals surface area contributed by atoms with Crippen molar-refractivity contribution in [1.29, 1.82) is 0 Å². The Bertz CT molecular complexity index is 2290. The molecule has 65 heavy (non-hydrogen) atoms. The number of fused-ring (bicyclic) bond motifs is 2. The summed E-state index contributed by atoms with van der Waals surface area (Å²) in [6.45, 7) is 3.29. The van der Waals surface area contributed by atoms with Crippen LogP contribution in [-0.2, 0) is 35.2 Å². The number of imide groups is 1. The van der Waals surface area contributed by atoms with Crippen molar-refractivity contribution >= 4 is 64.5 Å². The van der Waals surface area contributed by atoms with E-state index in [-0.39, 0.29) is 79.5 Å². The zero-order chi connectivity index (χ0) is 47.6. The van der Waals surface area contributed by atoms with Crippen LogP contribution in [0.25, 0.3) is 0 Å². The summed E-state index contributed by atoms with van der Waals surface area (Å²) in [7, 11) is 0. The van der Waals surface area contributed by atoms with E-state index in [1.54, 1.807) is 48.7 Å². The lowest BCUT2D eigenvalue weighted by Gasteiger charge is -2.33. The molecule has 20 heteroatoms. The number of nitrogens with zero attached hydrogens (tertiary/aromatic N) is 2. The third-order valence-corrected chi connectivity index (χ3v) is 11.5. The maximum absolute atomic E-state index is 14.6. The molecule has 0 unspecified atom stereocenters. The largest absolute Gasteiger partial charge is 0.491 e. The minimum Gasteiger partial charge on any atom is -0.420 e. The van der Waals surface area contributed by atoms with Crippen LogP contribution in [0.3, 0.4) is 0 Å². The van der Waals surface area contributed by atoms with Crippen LogP contribution in [0.15, 0.2) is 66.7 Å². The second kappa shape index (κ2) is 22.2. The van der Waals surface area contributed by atoms with E-state index in [2.05, 4.69) is 20.7 Å². The Kier molecular flexibility index (Phi) is 17.0. The monoisotopic (exact) mass is 923 g/mol. The molecule has 1 fully saturated rings. The van der Waals surface area contributed by atoms with Crippen LogP contribution < -0.4 is 32.2 Å². The molecule has 0 bridgehead atoms. The van der Waals surface area contributed by atoms with Gasteiger partial charge < -0.3 is 37.1 Å². The molecule has 0 spiro atoms. The van der Waals surface area contributed by atoms with E-state index in [9.17, 15) is 51.5 Å². The fourth-order valence-electron chi connectivity index (χ4n) is 7.64. The Labute approximate surface area is 377 Å². The van der Waals surface area contributed by atoms with E-state index in [1.165, 1.54) is 28.8 Å². The van der Waals surface area contributed by atoms with Crippen LogP contribution in [-0.4, -0.2) is 125 Å². The first-order chi connectivity index (χ1) is 30.8. The van der Waals surface area contributed by atoms with Gasteiger partial charge in [-0.05, 0) is 68.0 Å². The highest BCUT2D eigenvalue weighted by Crippen LogP contribution is 2.32. The lowest BCUT2D eigenvalue weighted by molar-refractivity contribution is -0.189. The van der Waals surface area contributed by atoms with Crippen molar-refractivity contribution in [1.82, 2.24) is 20.4 Å². The molecule has 16 nitrogen and oxygen atoms in total. The van der Waals surface area contributed by atoms with E-state index in [0.717, 1.165) is 17.0 Å². The first kappa shape index (κ1) is 49.9. The molecule has 4 atom stereocenters. The zero-order valence-electron chi connectivity index (χ0n) is 36.1. The average molecular weight is 924 g/mol. The van der Waals surface area contributed by atoms with Crippen molar-refractivity contribution in [3.05, 3.63) is 94.5 Å². The van der Waals surface area contributed by atoms with E-state index < -0.39 is 78.1 Å². The van der Waals surface area contributed by atoms with Crippen LogP contribution in [0.5, 0.6) is 5.75 Å². The number of benzene rings is 3. The summed E-state index contributed by atoms with van der Waals surface area (Å²) in [5.74, 6) is -6.51. The van der Waals surface area contributed by atoms with Crippen molar-refractivity contribution < 1.29 is 56.3 Å². The molecule has 0 saturated carbocycles. The lowest BCUT2D eigenvalue weighted by atomic mass is 9.83. The van der Waals surface area contributed by atoms with E-state index >= 15 is 0 Å². The van der Waals surface area contributed by atoms with Gasteiger partial charge in [0, 0.05) is 47.8 Å². The quantitative estimate of drug-likeness (QED) is 0.0517. The maximum Gasteiger partial charge on any atom is 0.491 e. The van der Waals surface area contributed by atoms with Crippen molar-refractivity contribution in [3.8, 4) is 5.75 Å². The molecule has 0 radical (unpaired) electrons. The normalized spacial score (nSPS) is 15.9. The molecule has 2 aliphatic rings. The van der Waals surface area contributed by atoms with Crippen LogP contribution >= 0.6 is 11.8 Å². The van der Waals surface area contributed by atoms with Crippen molar-refractivity contribution in [2.75, 3.05) is 43.5 Å². The van der Waals surface area contributed by atoms with Gasteiger partial charge in [-0.15, -0.1) is 0 Å². The Morgan fingerprint density at radius 2 is 1.57 bits per heavy atom. The molecule has 1 aliphatic heterocycles. The van der Waals surface area contributed by atoms with Gasteiger partial charge in [-0.25, -0.2) is 4.79 Å². The topological polar surface area (TPSA) is 240 Å². The third-order valence-electron chi connectivity index (χ3n) is 10.8. The van der Waals surface area contributed by atoms with Gasteiger partial charge in [0.15, 0.2) is 11.6 Å². The zero-order valence-corrected chi connectivity index (χ0v) is 36.9. The number of ether oxygens (including phenoxy) is 1. The second-order valence-corrected chi connectivity index (χ2v) is 17.0. The summed E-state index contributed by atoms with van der Waals surface area (Å²) in [6.07, 6.45) is -2.74. The number of hydrogen-bond acceptors (Lipinski definition) is 13. The molecule has 7 N–H and O–H groups in total. The maximum atomic E-state index is 14.6.